The highest BCUT2D eigenvalue weighted by molar-refractivity contribution is 7.13. The Kier molecular flexibility index (Phi) is 5.08. The molecule has 0 spiro atoms. The number of amides is 1. The number of nitrogens with one attached hydrogen (secondary N) is 1. The van der Waals surface area contributed by atoms with Gasteiger partial charge in [0.1, 0.15) is 11.5 Å². The normalized spacial score (nSPS) is 12.3. The summed E-state index contributed by atoms with van der Waals surface area (Å²) in [5.41, 5.74) is 4.70. The number of benzene rings is 2. The molecule has 0 fully saturated rings. The quantitative estimate of drug-likeness (QED) is 0.661. The average molecular weight is 394 g/mol. The van der Waals surface area contributed by atoms with Crippen LogP contribution in [0, 0.1) is 0 Å². The molecule has 1 aliphatic carbocycles. The number of aromatic nitrogens is 1. The van der Waals surface area contributed by atoms with E-state index in [2.05, 4.69) is 34.6 Å². The maximum absolute atomic E-state index is 12.1. The number of alkyl carbamates (subject to hydrolysis) is 1. The Morgan fingerprint density at radius 3 is 2.32 bits per heavy atom. The molecule has 0 atom stereocenters. The fourth-order valence-corrected chi connectivity index (χ4v) is 4.20. The van der Waals surface area contributed by atoms with Crippen molar-refractivity contribution in [3.8, 4) is 11.1 Å². The molecule has 4 rings (SSSR count). The van der Waals surface area contributed by atoms with Gasteiger partial charge < -0.3 is 15.2 Å². The highest BCUT2D eigenvalue weighted by atomic mass is 32.1. The lowest BCUT2D eigenvalue weighted by atomic mass is 9.98. The van der Waals surface area contributed by atoms with E-state index in [4.69, 9.17) is 9.84 Å². The van der Waals surface area contributed by atoms with Crippen LogP contribution in [0.3, 0.4) is 0 Å². The van der Waals surface area contributed by atoms with Crippen LogP contribution in [0.1, 0.15) is 31.7 Å². The number of hydrogen-bond acceptors (Lipinski definition) is 5. The zero-order valence-corrected chi connectivity index (χ0v) is 15.7. The first kappa shape index (κ1) is 18.2. The Morgan fingerprint density at radius 1 is 1.07 bits per heavy atom. The third-order valence-corrected chi connectivity index (χ3v) is 5.76. The minimum absolute atomic E-state index is 0.0234. The van der Waals surface area contributed by atoms with Gasteiger partial charge in [-0.3, -0.25) is 0 Å². The van der Waals surface area contributed by atoms with Crippen LogP contribution in [0.5, 0.6) is 0 Å². The molecule has 1 heterocycles. The maximum atomic E-state index is 12.1. The topological polar surface area (TPSA) is 88.5 Å². The maximum Gasteiger partial charge on any atom is 0.407 e. The third-order valence-electron chi connectivity index (χ3n) is 4.72. The lowest BCUT2D eigenvalue weighted by Gasteiger charge is -2.14. The predicted molar refractivity (Wildman–Crippen MR) is 106 cm³/mol. The number of carboxylic acids is 1. The van der Waals surface area contributed by atoms with Gasteiger partial charge in [-0.15, -0.1) is 11.3 Å². The first-order valence-corrected chi connectivity index (χ1v) is 9.72. The number of ether oxygens (including phenoxy) is 1. The van der Waals surface area contributed by atoms with Gasteiger partial charge in [0, 0.05) is 18.9 Å². The summed E-state index contributed by atoms with van der Waals surface area (Å²) in [5, 5.41) is 12.3. The van der Waals surface area contributed by atoms with Crippen LogP contribution in [0.15, 0.2) is 54.7 Å². The van der Waals surface area contributed by atoms with Crippen LogP contribution in [-0.4, -0.2) is 35.3 Å². The van der Waals surface area contributed by atoms with Gasteiger partial charge in [-0.25, -0.2) is 14.6 Å². The van der Waals surface area contributed by atoms with E-state index in [9.17, 15) is 9.59 Å². The number of aromatic carboxylic acids is 1. The van der Waals surface area contributed by atoms with Gasteiger partial charge in [0.25, 0.3) is 0 Å². The number of carbonyl (C=O) groups is 2. The van der Waals surface area contributed by atoms with Crippen LogP contribution in [0.2, 0.25) is 0 Å². The minimum atomic E-state index is -0.992. The highest BCUT2D eigenvalue weighted by Crippen LogP contribution is 2.44. The molecule has 0 saturated carbocycles. The van der Waals surface area contributed by atoms with Crippen molar-refractivity contribution in [1.29, 1.82) is 0 Å². The molecule has 0 saturated heterocycles. The molecule has 2 aromatic carbocycles. The fraction of sp³-hybridized carbons (Fsp3) is 0.190. The van der Waals surface area contributed by atoms with Crippen LogP contribution in [0.25, 0.3) is 11.1 Å². The largest absolute Gasteiger partial charge is 0.477 e. The molecule has 1 aliphatic rings. The summed E-state index contributed by atoms with van der Waals surface area (Å²) in [6.07, 6.45) is 1.30. The lowest BCUT2D eigenvalue weighted by Crippen LogP contribution is -2.28. The molecule has 3 aromatic rings. The van der Waals surface area contributed by atoms with Crippen molar-refractivity contribution in [2.24, 2.45) is 0 Å². The third kappa shape index (κ3) is 3.61. The number of rotatable bonds is 6. The summed E-state index contributed by atoms with van der Waals surface area (Å²) in [6, 6.07) is 16.4. The zero-order valence-electron chi connectivity index (χ0n) is 14.9. The molecule has 142 valence electrons. The van der Waals surface area contributed by atoms with E-state index in [1.165, 1.54) is 28.5 Å². The van der Waals surface area contributed by atoms with E-state index in [1.54, 1.807) is 0 Å². The van der Waals surface area contributed by atoms with Crippen LogP contribution < -0.4 is 5.32 Å². The number of carboxylic acid groups (broad SMARTS) is 1. The summed E-state index contributed by atoms with van der Waals surface area (Å²) in [7, 11) is 0. The van der Waals surface area contributed by atoms with Gasteiger partial charge in [0.05, 0.1) is 11.2 Å². The summed E-state index contributed by atoms with van der Waals surface area (Å²) in [6.45, 7) is 0.601. The fourth-order valence-electron chi connectivity index (χ4n) is 3.45. The number of fused-ring (bicyclic) bond motifs is 3. The first-order valence-electron chi connectivity index (χ1n) is 8.90. The highest BCUT2D eigenvalue weighted by Gasteiger charge is 2.28. The number of hydrogen-bond donors (Lipinski definition) is 2. The predicted octanol–water partition coefficient (Wildman–Crippen LogP) is 3.92. The number of thiazole rings is 1. The molecule has 1 aromatic heterocycles. The second-order valence-electron chi connectivity index (χ2n) is 6.43. The molecule has 0 unspecified atom stereocenters. The van der Waals surface area contributed by atoms with Crippen LogP contribution in [-0.2, 0) is 11.2 Å². The Bertz CT molecular complexity index is 985. The molecule has 6 nitrogen and oxygen atoms in total. The van der Waals surface area contributed by atoms with E-state index < -0.39 is 12.1 Å². The molecule has 0 aliphatic heterocycles. The van der Waals surface area contributed by atoms with Crippen molar-refractivity contribution in [2.75, 3.05) is 13.2 Å². The Labute approximate surface area is 165 Å². The molecule has 7 heteroatoms. The van der Waals surface area contributed by atoms with Crippen molar-refractivity contribution in [1.82, 2.24) is 10.3 Å². The monoisotopic (exact) mass is 394 g/mol. The van der Waals surface area contributed by atoms with Gasteiger partial charge in [-0.05, 0) is 22.3 Å². The van der Waals surface area contributed by atoms with E-state index in [0.29, 0.717) is 18.0 Å². The summed E-state index contributed by atoms with van der Waals surface area (Å²) in [4.78, 5) is 27.2. The summed E-state index contributed by atoms with van der Waals surface area (Å²) in [5.74, 6) is -0.969. The number of carbonyl (C=O) groups excluding carboxylic acids is 1. The van der Waals surface area contributed by atoms with Crippen LogP contribution >= 0.6 is 11.3 Å². The van der Waals surface area contributed by atoms with Gasteiger partial charge >= 0.3 is 12.1 Å². The second kappa shape index (κ2) is 7.82. The van der Waals surface area contributed by atoms with Gasteiger partial charge in [-0.2, -0.15) is 0 Å². The SMILES string of the molecule is O=C(NCCc1ncc(C(=O)O)s1)OCC1c2ccccc2-c2ccccc21. The molecular weight excluding hydrogens is 376 g/mol. The van der Waals surface area contributed by atoms with Gasteiger partial charge in [0.2, 0.25) is 0 Å². The molecule has 28 heavy (non-hydrogen) atoms. The van der Waals surface area contributed by atoms with Gasteiger partial charge in [-0.1, -0.05) is 48.5 Å². The Hall–Kier alpha value is -3.19. The van der Waals surface area contributed by atoms with E-state index in [0.717, 1.165) is 11.3 Å². The summed E-state index contributed by atoms with van der Waals surface area (Å²) >= 11 is 1.11. The van der Waals surface area contributed by atoms with E-state index in [1.807, 2.05) is 24.3 Å². The van der Waals surface area contributed by atoms with Crippen LogP contribution in [0.4, 0.5) is 4.79 Å². The summed E-state index contributed by atoms with van der Waals surface area (Å²) < 4.78 is 5.46. The van der Waals surface area contributed by atoms with E-state index in [-0.39, 0.29) is 17.4 Å². The standard InChI is InChI=1S/C21H18N2O4S/c24-20(25)18-11-23-19(28-18)9-10-22-21(26)27-12-17-15-7-3-1-5-13(15)14-6-2-4-8-16(14)17/h1-8,11,17H,9-10,12H2,(H,22,26)(H,24,25). The smallest absolute Gasteiger partial charge is 0.407 e. The number of nitrogens with zero attached hydrogens (tertiary/aromatic N) is 1. The molecule has 0 bridgehead atoms. The minimum Gasteiger partial charge on any atom is -0.477 e. The van der Waals surface area contributed by atoms with Crippen molar-refractivity contribution >= 4 is 23.4 Å². The van der Waals surface area contributed by atoms with Gasteiger partial charge in [0.15, 0.2) is 0 Å². The average Bonchev–Trinajstić information content (AvgIpc) is 3.30. The Balaban J connectivity index is 1.33. The zero-order chi connectivity index (χ0) is 19.5. The first-order chi connectivity index (χ1) is 13.6. The molecule has 0 radical (unpaired) electrons. The van der Waals surface area contributed by atoms with E-state index >= 15 is 0 Å². The Morgan fingerprint density at radius 2 is 1.71 bits per heavy atom. The van der Waals surface area contributed by atoms with Crippen molar-refractivity contribution in [3.63, 3.8) is 0 Å². The molecule has 1 amide bonds. The second-order valence-corrected chi connectivity index (χ2v) is 7.54. The van der Waals surface area contributed by atoms with Crippen molar-refractivity contribution < 1.29 is 19.4 Å². The lowest BCUT2D eigenvalue weighted by molar-refractivity contribution is 0.0701. The molecule has 2 N–H and O–H groups in total. The van der Waals surface area contributed by atoms with Crippen molar-refractivity contribution in [3.05, 3.63) is 75.7 Å². The van der Waals surface area contributed by atoms with Crippen molar-refractivity contribution in [2.45, 2.75) is 12.3 Å². The molecular formula is C21H18N2O4S.